The van der Waals surface area contributed by atoms with Crippen LogP contribution in [0.1, 0.15) is 178 Å². The van der Waals surface area contributed by atoms with Gasteiger partial charge in [-0.1, -0.05) is 303 Å². The van der Waals surface area contributed by atoms with E-state index in [1.165, 1.54) is 111 Å². The van der Waals surface area contributed by atoms with E-state index in [0.717, 1.165) is 0 Å². The van der Waals surface area contributed by atoms with Gasteiger partial charge in [-0.25, -0.2) is 0 Å². The lowest BCUT2D eigenvalue weighted by atomic mass is 9.70. The molecule has 0 nitrogen and oxygen atoms in total. The molecule has 0 saturated heterocycles. The minimum absolute atomic E-state index is 0.195. The van der Waals surface area contributed by atoms with Crippen LogP contribution in [-0.2, 0) is 10.8 Å². The molecule has 0 saturated carbocycles. The Bertz CT molecular complexity index is 2740. The van der Waals surface area contributed by atoms with Gasteiger partial charge < -0.3 is 0 Å². The number of benzene rings is 8. The summed E-state index contributed by atoms with van der Waals surface area (Å²) in [5, 5.41) is 0. The van der Waals surface area contributed by atoms with E-state index in [1.54, 1.807) is 0 Å². The summed E-state index contributed by atoms with van der Waals surface area (Å²) in [5.41, 5.74) is 27.3. The predicted octanol–water partition coefficient (Wildman–Crippen LogP) is 21.5. The van der Waals surface area contributed by atoms with E-state index in [-0.39, 0.29) is 10.8 Å². The normalized spacial score (nSPS) is 11.9. The first kappa shape index (κ1) is 58.1. The minimum Gasteiger partial charge on any atom is -0.0683 e. The number of hydrogen-bond donors (Lipinski definition) is 0. The Balaban J connectivity index is 0.000000289. The van der Waals surface area contributed by atoms with E-state index < -0.39 is 0 Å². The summed E-state index contributed by atoms with van der Waals surface area (Å²) >= 11 is 0. The molecule has 2 spiro atoms. The fraction of sp³-hybridized carbons (Fsp3) is 0.314. The summed E-state index contributed by atoms with van der Waals surface area (Å²) in [7, 11) is 0. The van der Waals surface area contributed by atoms with Crippen molar-refractivity contribution >= 4 is 0 Å². The molecule has 0 aliphatic heterocycles. The highest BCUT2D eigenvalue weighted by Gasteiger charge is 2.53. The Kier molecular flexibility index (Phi) is 22.6. The van der Waals surface area contributed by atoms with Crippen LogP contribution in [0.25, 0.3) is 44.5 Å². The van der Waals surface area contributed by atoms with Crippen molar-refractivity contribution in [2.45, 2.75) is 149 Å². The van der Waals surface area contributed by atoms with Crippen LogP contribution in [0, 0.1) is 27.7 Å². The highest BCUT2D eigenvalue weighted by Crippen LogP contribution is 2.64. The van der Waals surface area contributed by atoms with Gasteiger partial charge in [-0.3, -0.25) is 0 Å². The molecule has 4 aliphatic carbocycles. The van der Waals surface area contributed by atoms with Crippen molar-refractivity contribution in [2.24, 2.45) is 0 Å². The third-order valence-corrected chi connectivity index (χ3v) is 12.8. The lowest BCUT2D eigenvalue weighted by Gasteiger charge is -2.30. The first-order chi connectivity index (χ1) is 34.4. The van der Waals surface area contributed by atoms with Gasteiger partial charge in [0.2, 0.25) is 0 Å². The van der Waals surface area contributed by atoms with Crippen molar-refractivity contribution in [3.63, 3.8) is 0 Å². The lowest BCUT2D eigenvalue weighted by molar-refractivity contribution is 0.792. The van der Waals surface area contributed by atoms with Crippen LogP contribution in [-0.4, -0.2) is 0 Å². The number of hydrogen-bond acceptors (Lipinski definition) is 0. The van der Waals surface area contributed by atoms with Gasteiger partial charge in [-0.2, -0.15) is 0 Å². The van der Waals surface area contributed by atoms with Gasteiger partial charge in [0.15, 0.2) is 0 Å². The molecule has 0 amide bonds. The first-order valence-corrected chi connectivity index (χ1v) is 27.3. The minimum atomic E-state index is -0.197. The molecule has 368 valence electrons. The SMILES string of the molecule is CC.CC.CC.CC.CC.CC.CC.CC.Cc1ccc2c(c1)-c1ccc(C)cc1C21c2ccccc2-c2ccccc21.Cc1ccc2c(c1)-c1ccccc1C21c2ccccc2-c2cc(C)ccc21. The van der Waals surface area contributed by atoms with Gasteiger partial charge in [-0.05, 0) is 117 Å². The summed E-state index contributed by atoms with van der Waals surface area (Å²) in [6, 6.07) is 63.8. The molecule has 0 fully saturated rings. The van der Waals surface area contributed by atoms with Gasteiger partial charge in [0, 0.05) is 0 Å². The molecule has 0 heterocycles. The van der Waals surface area contributed by atoms with Crippen molar-refractivity contribution < 1.29 is 0 Å². The molecular weight excluding hydrogens is 841 g/mol. The summed E-state index contributed by atoms with van der Waals surface area (Å²) < 4.78 is 0. The second kappa shape index (κ2) is 27.2. The molecule has 12 rings (SSSR count). The highest BCUT2D eigenvalue weighted by atomic mass is 14.5. The zero-order chi connectivity index (χ0) is 52.3. The summed E-state index contributed by atoms with van der Waals surface area (Å²) in [6.45, 7) is 40.8. The second-order valence-corrected chi connectivity index (χ2v) is 15.9. The van der Waals surface area contributed by atoms with Crippen molar-refractivity contribution in [3.8, 4) is 44.5 Å². The van der Waals surface area contributed by atoms with Crippen molar-refractivity contribution in [3.05, 3.63) is 237 Å². The van der Waals surface area contributed by atoms with Crippen LogP contribution in [0.15, 0.2) is 170 Å². The average Bonchev–Trinajstić information content (AvgIpc) is 4.11. The van der Waals surface area contributed by atoms with Crippen LogP contribution in [0.5, 0.6) is 0 Å². The molecule has 0 radical (unpaired) electrons. The Hall–Kier alpha value is -6.24. The van der Waals surface area contributed by atoms with E-state index in [9.17, 15) is 0 Å². The van der Waals surface area contributed by atoms with Crippen LogP contribution in [0.2, 0.25) is 0 Å². The molecule has 8 aromatic carbocycles. The van der Waals surface area contributed by atoms with Crippen LogP contribution in [0.3, 0.4) is 0 Å². The molecule has 0 heteroatoms. The fourth-order valence-electron chi connectivity index (χ4n) is 10.7. The monoisotopic (exact) mass is 929 g/mol. The fourth-order valence-corrected chi connectivity index (χ4v) is 10.7. The Morgan fingerprint density at radius 1 is 0.186 bits per heavy atom. The van der Waals surface area contributed by atoms with Crippen LogP contribution >= 0.6 is 0 Å². The molecule has 4 aliphatic rings. The van der Waals surface area contributed by atoms with Gasteiger partial charge in [0.25, 0.3) is 0 Å². The largest absolute Gasteiger partial charge is 0.0725 e. The van der Waals surface area contributed by atoms with E-state index in [0.29, 0.717) is 0 Å². The first-order valence-electron chi connectivity index (χ1n) is 27.3. The molecular formula is C70H88. The molecule has 0 atom stereocenters. The topological polar surface area (TPSA) is 0 Å². The standard InChI is InChI=1S/2C27H20.8C2H6/c1-17-12-14-25-22(15-17)21-13-11-18(2)16-26(21)27(25)23-9-5-3-7-19(23)20-8-4-6-10-24(20)27;1-17-11-13-25-21(15-17)19-7-3-5-9-23(19)27(25)24-10-6-4-8-20(24)22-16-18(2)12-14-26(22)27;8*1-2/h2*3-16H,1-2H3;8*1-2H3. The molecule has 8 aromatic rings. The zero-order valence-corrected chi connectivity index (χ0v) is 47.2. The Morgan fingerprint density at radius 3 is 0.686 bits per heavy atom. The predicted molar refractivity (Wildman–Crippen MR) is 315 cm³/mol. The van der Waals surface area contributed by atoms with Crippen LogP contribution in [0.4, 0.5) is 0 Å². The zero-order valence-electron chi connectivity index (χ0n) is 47.2. The summed E-state index contributed by atoms with van der Waals surface area (Å²) in [4.78, 5) is 0. The lowest BCUT2D eigenvalue weighted by Crippen LogP contribution is -2.25. The summed E-state index contributed by atoms with van der Waals surface area (Å²) in [6.07, 6.45) is 0. The quantitative estimate of drug-likeness (QED) is 0.142. The third kappa shape index (κ3) is 9.64. The molecule has 70 heavy (non-hydrogen) atoms. The molecule has 0 aromatic heterocycles. The second-order valence-electron chi connectivity index (χ2n) is 15.9. The van der Waals surface area contributed by atoms with Gasteiger partial charge in [0.05, 0.1) is 10.8 Å². The van der Waals surface area contributed by atoms with Crippen molar-refractivity contribution in [1.82, 2.24) is 0 Å². The Labute approximate surface area is 428 Å². The molecule has 0 N–H and O–H groups in total. The maximum absolute atomic E-state index is 2.41. The summed E-state index contributed by atoms with van der Waals surface area (Å²) in [5.74, 6) is 0. The number of aryl methyl sites for hydroxylation is 4. The van der Waals surface area contributed by atoms with Crippen molar-refractivity contribution in [1.29, 1.82) is 0 Å². The van der Waals surface area contributed by atoms with Gasteiger partial charge >= 0.3 is 0 Å². The van der Waals surface area contributed by atoms with Crippen molar-refractivity contribution in [2.75, 3.05) is 0 Å². The van der Waals surface area contributed by atoms with E-state index in [4.69, 9.17) is 0 Å². The van der Waals surface area contributed by atoms with Gasteiger partial charge in [0.1, 0.15) is 0 Å². The third-order valence-electron chi connectivity index (χ3n) is 12.8. The molecule has 0 bridgehead atoms. The number of fused-ring (bicyclic) bond motifs is 20. The number of rotatable bonds is 0. The van der Waals surface area contributed by atoms with E-state index in [1.807, 2.05) is 111 Å². The maximum atomic E-state index is 2.41. The smallest absolute Gasteiger partial charge is 0.0683 e. The van der Waals surface area contributed by atoms with E-state index in [2.05, 4.69) is 198 Å². The Morgan fingerprint density at radius 2 is 0.386 bits per heavy atom. The van der Waals surface area contributed by atoms with E-state index >= 15 is 0 Å². The highest BCUT2D eigenvalue weighted by molar-refractivity contribution is 5.96. The van der Waals surface area contributed by atoms with Gasteiger partial charge in [-0.15, -0.1) is 0 Å². The average molecular weight is 929 g/mol. The molecule has 0 unspecified atom stereocenters. The maximum Gasteiger partial charge on any atom is 0.0725 e. The van der Waals surface area contributed by atoms with Crippen LogP contribution < -0.4 is 0 Å².